The highest BCUT2D eigenvalue weighted by Gasteiger charge is 2.15. The van der Waals surface area contributed by atoms with Gasteiger partial charge in [-0.05, 0) is 24.6 Å². The van der Waals surface area contributed by atoms with Gasteiger partial charge in [-0.25, -0.2) is 21.6 Å². The summed E-state index contributed by atoms with van der Waals surface area (Å²) in [5.41, 5.74) is 2.07. The molecule has 0 aliphatic rings. The normalized spacial score (nSPS) is 12.0. The third kappa shape index (κ3) is 6.31. The number of rotatable bonds is 8. The fourth-order valence-corrected chi connectivity index (χ4v) is 4.37. The molecule has 0 spiro atoms. The fraction of sp³-hybridized carbons (Fsp3) is 0.250. The van der Waals surface area contributed by atoms with Gasteiger partial charge in [0, 0.05) is 12.2 Å². The number of aryl methyl sites for hydroxylation is 1. The molecule has 2 aromatic carbocycles. The maximum absolute atomic E-state index is 12.0. The second kappa shape index (κ2) is 7.78. The Morgan fingerprint density at radius 1 is 0.875 bits per heavy atom. The van der Waals surface area contributed by atoms with E-state index in [-0.39, 0.29) is 18.1 Å². The van der Waals surface area contributed by atoms with Gasteiger partial charge in [0.1, 0.15) is 0 Å². The van der Waals surface area contributed by atoms with E-state index in [2.05, 4.69) is 9.44 Å². The molecule has 0 aliphatic carbocycles. The van der Waals surface area contributed by atoms with Crippen LogP contribution >= 0.6 is 0 Å². The Bertz CT molecular complexity index is 879. The van der Waals surface area contributed by atoms with Crippen molar-refractivity contribution in [2.24, 2.45) is 0 Å². The molecule has 0 bridgehead atoms. The molecule has 130 valence electrons. The summed E-state index contributed by atoms with van der Waals surface area (Å²) < 4.78 is 52.7. The van der Waals surface area contributed by atoms with Crippen LogP contribution < -0.4 is 9.44 Å². The smallest absolute Gasteiger partial charge is 0.234 e. The molecule has 0 aromatic heterocycles. The Morgan fingerprint density at radius 3 is 2.25 bits per heavy atom. The molecule has 2 aromatic rings. The predicted octanol–water partition coefficient (Wildman–Crippen LogP) is 1.86. The average molecular weight is 368 g/mol. The Kier molecular flexibility index (Phi) is 5.98. The van der Waals surface area contributed by atoms with Crippen molar-refractivity contribution in [1.29, 1.82) is 0 Å². The van der Waals surface area contributed by atoms with Gasteiger partial charge in [0.15, 0.2) is 0 Å². The molecule has 2 N–H and O–H groups in total. The van der Waals surface area contributed by atoms with Crippen LogP contribution in [0.5, 0.6) is 0 Å². The van der Waals surface area contributed by atoms with Gasteiger partial charge in [-0.2, -0.15) is 0 Å². The van der Waals surface area contributed by atoms with Gasteiger partial charge in [-0.1, -0.05) is 48.0 Å². The lowest BCUT2D eigenvalue weighted by molar-refractivity contribution is 0.581. The largest absolute Gasteiger partial charge is 0.284 e. The van der Waals surface area contributed by atoms with Crippen molar-refractivity contribution in [2.75, 3.05) is 17.0 Å². The first-order valence-corrected chi connectivity index (χ1v) is 10.6. The maximum Gasteiger partial charge on any atom is 0.234 e. The Morgan fingerprint density at radius 2 is 1.58 bits per heavy atom. The van der Waals surface area contributed by atoms with E-state index in [1.165, 1.54) is 0 Å². The van der Waals surface area contributed by atoms with E-state index in [0.29, 0.717) is 11.3 Å². The summed E-state index contributed by atoms with van der Waals surface area (Å²) in [5.74, 6) is -0.518. The molecule has 6 nitrogen and oxygen atoms in total. The molecule has 0 unspecified atom stereocenters. The van der Waals surface area contributed by atoms with Crippen molar-refractivity contribution in [2.45, 2.75) is 12.7 Å². The van der Waals surface area contributed by atoms with Crippen LogP contribution in [0, 0.1) is 6.92 Å². The van der Waals surface area contributed by atoms with Gasteiger partial charge in [-0.3, -0.25) is 4.72 Å². The predicted molar refractivity (Wildman–Crippen MR) is 95.7 cm³/mol. The van der Waals surface area contributed by atoms with Crippen LogP contribution in [0.15, 0.2) is 54.6 Å². The fourth-order valence-electron chi connectivity index (χ4n) is 2.14. The standard InChI is InChI=1S/C16H20N2O4S2/c1-14-6-5-7-15(12-14)13-24(21,22)17-10-11-23(19,20)18-16-8-3-2-4-9-16/h2-9,12,17-18H,10-11,13H2,1H3. The van der Waals surface area contributed by atoms with Crippen LogP contribution in [0.1, 0.15) is 11.1 Å². The van der Waals surface area contributed by atoms with E-state index < -0.39 is 20.0 Å². The molecule has 0 heterocycles. The summed E-state index contributed by atoms with van der Waals surface area (Å²) >= 11 is 0. The monoisotopic (exact) mass is 368 g/mol. The molecule has 8 heteroatoms. The molecule has 0 aliphatic heterocycles. The van der Waals surface area contributed by atoms with Crippen molar-refractivity contribution in [1.82, 2.24) is 4.72 Å². The molecule has 0 saturated heterocycles. The number of hydrogen-bond acceptors (Lipinski definition) is 4. The third-order valence-corrected chi connectivity index (χ3v) is 5.82. The zero-order chi connectivity index (χ0) is 17.6. The lowest BCUT2D eigenvalue weighted by Gasteiger charge is -2.09. The van der Waals surface area contributed by atoms with Gasteiger partial charge in [-0.15, -0.1) is 0 Å². The summed E-state index contributed by atoms with van der Waals surface area (Å²) in [6.07, 6.45) is 0. The van der Waals surface area contributed by atoms with Gasteiger partial charge >= 0.3 is 0 Å². The second-order valence-corrected chi connectivity index (χ2v) is 9.08. The van der Waals surface area contributed by atoms with Crippen LogP contribution in [0.3, 0.4) is 0 Å². The molecule has 0 fully saturated rings. The number of para-hydroxylation sites is 1. The first kappa shape index (κ1) is 18.4. The van der Waals surface area contributed by atoms with Crippen molar-refractivity contribution in [3.63, 3.8) is 0 Å². The van der Waals surface area contributed by atoms with Gasteiger partial charge in [0.05, 0.1) is 11.5 Å². The van der Waals surface area contributed by atoms with E-state index in [9.17, 15) is 16.8 Å². The summed E-state index contributed by atoms with van der Waals surface area (Å²) in [5, 5.41) is 0. The van der Waals surface area contributed by atoms with Gasteiger partial charge in [0.2, 0.25) is 20.0 Å². The molecule has 0 atom stereocenters. The molecule has 2 rings (SSSR count). The van der Waals surface area contributed by atoms with Crippen molar-refractivity contribution in [3.8, 4) is 0 Å². The van der Waals surface area contributed by atoms with Crippen LogP contribution in [-0.4, -0.2) is 29.1 Å². The summed E-state index contributed by atoms with van der Waals surface area (Å²) in [7, 11) is -7.20. The van der Waals surface area contributed by atoms with E-state index in [0.717, 1.165) is 5.56 Å². The van der Waals surface area contributed by atoms with E-state index in [4.69, 9.17) is 0 Å². The van der Waals surface area contributed by atoms with Crippen LogP contribution in [0.2, 0.25) is 0 Å². The van der Waals surface area contributed by atoms with Crippen LogP contribution in [0.25, 0.3) is 0 Å². The average Bonchev–Trinajstić information content (AvgIpc) is 2.46. The molecule has 0 radical (unpaired) electrons. The van der Waals surface area contributed by atoms with Crippen LogP contribution in [0.4, 0.5) is 5.69 Å². The highest BCUT2D eigenvalue weighted by molar-refractivity contribution is 7.92. The minimum Gasteiger partial charge on any atom is -0.284 e. The quantitative estimate of drug-likeness (QED) is 0.744. The van der Waals surface area contributed by atoms with Crippen molar-refractivity contribution in [3.05, 3.63) is 65.7 Å². The minimum atomic E-state index is -3.61. The maximum atomic E-state index is 12.0. The third-order valence-electron chi connectivity index (χ3n) is 3.18. The molecule has 0 saturated carbocycles. The topological polar surface area (TPSA) is 92.3 Å². The summed E-state index contributed by atoms with van der Waals surface area (Å²) in [6.45, 7) is 1.70. The van der Waals surface area contributed by atoms with E-state index >= 15 is 0 Å². The zero-order valence-corrected chi connectivity index (χ0v) is 14.9. The van der Waals surface area contributed by atoms with Crippen molar-refractivity contribution >= 4 is 25.7 Å². The molecular weight excluding hydrogens is 348 g/mol. The number of hydrogen-bond donors (Lipinski definition) is 2. The highest BCUT2D eigenvalue weighted by Crippen LogP contribution is 2.09. The van der Waals surface area contributed by atoms with E-state index in [1.54, 1.807) is 48.5 Å². The van der Waals surface area contributed by atoms with Gasteiger partial charge < -0.3 is 0 Å². The van der Waals surface area contributed by atoms with Gasteiger partial charge in [0.25, 0.3) is 0 Å². The first-order valence-electron chi connectivity index (χ1n) is 7.34. The number of anilines is 1. The Balaban J connectivity index is 1.88. The van der Waals surface area contributed by atoms with E-state index in [1.807, 2.05) is 13.0 Å². The van der Waals surface area contributed by atoms with Crippen molar-refractivity contribution < 1.29 is 16.8 Å². The molecule has 24 heavy (non-hydrogen) atoms. The number of nitrogens with one attached hydrogen (secondary N) is 2. The second-order valence-electron chi connectivity index (χ2n) is 5.43. The number of sulfonamides is 2. The lowest BCUT2D eigenvalue weighted by Crippen LogP contribution is -2.32. The Hall–Kier alpha value is -1.90. The minimum absolute atomic E-state index is 0.180. The molecular formula is C16H20N2O4S2. The SMILES string of the molecule is Cc1cccc(CS(=O)(=O)NCCS(=O)(=O)Nc2ccccc2)c1. The zero-order valence-electron chi connectivity index (χ0n) is 13.3. The Labute approximate surface area is 143 Å². The summed E-state index contributed by atoms with van der Waals surface area (Å²) in [4.78, 5) is 0. The molecule has 0 amide bonds. The van der Waals surface area contributed by atoms with Crippen LogP contribution in [-0.2, 0) is 25.8 Å². The highest BCUT2D eigenvalue weighted by atomic mass is 32.2. The lowest BCUT2D eigenvalue weighted by atomic mass is 10.2. The first-order chi connectivity index (χ1) is 11.3. The summed E-state index contributed by atoms with van der Waals surface area (Å²) in [6, 6.07) is 15.6. The number of benzene rings is 2.